The molecule has 0 bridgehead atoms. The highest BCUT2D eigenvalue weighted by Gasteiger charge is 2.22. The number of halogens is 1. The van der Waals surface area contributed by atoms with E-state index in [4.69, 9.17) is 21.4 Å². The zero-order chi connectivity index (χ0) is 20.4. The van der Waals surface area contributed by atoms with Crippen LogP contribution in [0.15, 0.2) is 72.8 Å². The Morgan fingerprint density at radius 3 is 2.55 bits per heavy atom. The Morgan fingerprint density at radius 2 is 1.79 bits per heavy atom. The first-order valence-corrected chi connectivity index (χ1v) is 9.63. The number of nitrogens with zero attached hydrogens (tertiary/aromatic N) is 2. The maximum absolute atomic E-state index is 13.0. The lowest BCUT2D eigenvalue weighted by atomic mass is 10.1. The molecule has 6 heteroatoms. The van der Waals surface area contributed by atoms with Gasteiger partial charge in [0.25, 0.3) is 0 Å². The molecule has 4 aromatic rings. The van der Waals surface area contributed by atoms with Crippen LogP contribution >= 0.6 is 11.6 Å². The number of nitrogens with one attached hydrogen (secondary N) is 1. The standard InChI is InChI=1S/C23H20ClN3O2/c1-15(23(28)25-19-10-6-7-11-21(19)29-2)27-20-13-12-17(24)14-18(20)22(26-27)16-8-4-3-5-9-16/h3-15H,1-2H3,(H,25,28)/t15-/m0/s1. The monoisotopic (exact) mass is 405 g/mol. The van der Waals surface area contributed by atoms with Crippen LogP contribution in [0.1, 0.15) is 13.0 Å². The van der Waals surface area contributed by atoms with E-state index >= 15 is 0 Å². The molecule has 0 saturated carbocycles. The van der Waals surface area contributed by atoms with Gasteiger partial charge >= 0.3 is 0 Å². The predicted molar refractivity (Wildman–Crippen MR) is 117 cm³/mol. The Labute approximate surface area is 173 Å². The van der Waals surface area contributed by atoms with Gasteiger partial charge in [-0.2, -0.15) is 5.10 Å². The molecule has 1 aromatic heterocycles. The van der Waals surface area contributed by atoms with Crippen molar-refractivity contribution >= 4 is 34.1 Å². The van der Waals surface area contributed by atoms with E-state index in [1.54, 1.807) is 23.9 Å². The Balaban J connectivity index is 1.74. The average Bonchev–Trinajstić information content (AvgIpc) is 3.12. The van der Waals surface area contributed by atoms with Crippen molar-refractivity contribution in [3.63, 3.8) is 0 Å². The van der Waals surface area contributed by atoms with Crippen LogP contribution in [0.3, 0.4) is 0 Å². The van der Waals surface area contributed by atoms with Crippen LogP contribution in [0, 0.1) is 0 Å². The molecular weight excluding hydrogens is 386 g/mol. The molecule has 4 rings (SSSR count). The summed E-state index contributed by atoms with van der Waals surface area (Å²) in [4.78, 5) is 13.0. The molecule has 0 aliphatic rings. The maximum Gasteiger partial charge on any atom is 0.249 e. The molecule has 0 spiro atoms. The number of methoxy groups -OCH3 is 1. The molecule has 3 aromatic carbocycles. The second-order valence-electron chi connectivity index (χ2n) is 6.69. The van der Waals surface area contributed by atoms with Crippen molar-refractivity contribution in [2.45, 2.75) is 13.0 Å². The first-order valence-electron chi connectivity index (χ1n) is 9.25. The fourth-order valence-electron chi connectivity index (χ4n) is 3.31. The van der Waals surface area contributed by atoms with Gasteiger partial charge in [-0.05, 0) is 37.3 Å². The molecule has 29 heavy (non-hydrogen) atoms. The van der Waals surface area contributed by atoms with E-state index in [1.807, 2.05) is 67.6 Å². The van der Waals surface area contributed by atoms with Crippen LogP contribution in [-0.2, 0) is 4.79 Å². The molecule has 1 amide bonds. The second-order valence-corrected chi connectivity index (χ2v) is 7.12. The summed E-state index contributed by atoms with van der Waals surface area (Å²) in [5.74, 6) is 0.420. The minimum Gasteiger partial charge on any atom is -0.495 e. The lowest BCUT2D eigenvalue weighted by Gasteiger charge is -2.15. The zero-order valence-corrected chi connectivity index (χ0v) is 16.9. The van der Waals surface area contributed by atoms with E-state index < -0.39 is 6.04 Å². The van der Waals surface area contributed by atoms with Crippen LogP contribution in [0.2, 0.25) is 5.02 Å². The fourth-order valence-corrected chi connectivity index (χ4v) is 3.49. The van der Waals surface area contributed by atoms with E-state index in [0.29, 0.717) is 16.5 Å². The van der Waals surface area contributed by atoms with Gasteiger partial charge in [-0.1, -0.05) is 54.1 Å². The van der Waals surface area contributed by atoms with Crippen molar-refractivity contribution in [1.29, 1.82) is 0 Å². The quantitative estimate of drug-likeness (QED) is 0.472. The molecule has 146 valence electrons. The number of benzene rings is 3. The molecule has 0 saturated heterocycles. The number of ether oxygens (including phenoxy) is 1. The molecule has 0 fully saturated rings. The van der Waals surface area contributed by atoms with Gasteiger partial charge in [-0.3, -0.25) is 9.48 Å². The number of carbonyl (C=O) groups is 1. The van der Waals surface area contributed by atoms with Crippen molar-refractivity contribution in [3.05, 3.63) is 77.8 Å². The van der Waals surface area contributed by atoms with Crippen molar-refractivity contribution < 1.29 is 9.53 Å². The minimum absolute atomic E-state index is 0.187. The molecule has 1 atom stereocenters. The zero-order valence-electron chi connectivity index (χ0n) is 16.1. The Bertz CT molecular complexity index is 1170. The number of anilines is 1. The third-order valence-corrected chi connectivity index (χ3v) is 5.06. The summed E-state index contributed by atoms with van der Waals surface area (Å²) in [7, 11) is 1.57. The Hall–Kier alpha value is -3.31. The predicted octanol–water partition coefficient (Wildman–Crippen LogP) is 5.57. The topological polar surface area (TPSA) is 56.1 Å². The number of aromatic nitrogens is 2. The Morgan fingerprint density at radius 1 is 1.07 bits per heavy atom. The van der Waals surface area contributed by atoms with Crippen molar-refractivity contribution in [1.82, 2.24) is 9.78 Å². The van der Waals surface area contributed by atoms with E-state index in [0.717, 1.165) is 22.2 Å². The summed E-state index contributed by atoms with van der Waals surface area (Å²) < 4.78 is 7.06. The summed E-state index contributed by atoms with van der Waals surface area (Å²) >= 11 is 6.24. The summed E-state index contributed by atoms with van der Waals surface area (Å²) in [6.07, 6.45) is 0. The van der Waals surface area contributed by atoms with Gasteiger partial charge in [0.15, 0.2) is 0 Å². The molecule has 0 aliphatic carbocycles. The average molecular weight is 406 g/mol. The molecular formula is C23H20ClN3O2. The third-order valence-electron chi connectivity index (χ3n) is 4.83. The van der Waals surface area contributed by atoms with Gasteiger partial charge in [0, 0.05) is 16.0 Å². The summed E-state index contributed by atoms with van der Waals surface area (Å²) in [6.45, 7) is 1.82. The van der Waals surface area contributed by atoms with Crippen molar-refractivity contribution in [3.8, 4) is 17.0 Å². The van der Waals surface area contributed by atoms with E-state index in [2.05, 4.69) is 5.32 Å². The van der Waals surface area contributed by atoms with Gasteiger partial charge in [-0.15, -0.1) is 0 Å². The summed E-state index contributed by atoms with van der Waals surface area (Å²) in [5, 5.41) is 9.23. The molecule has 0 aliphatic heterocycles. The normalized spacial score (nSPS) is 12.0. The first kappa shape index (κ1) is 19.0. The van der Waals surface area contributed by atoms with Gasteiger partial charge in [-0.25, -0.2) is 0 Å². The number of carbonyl (C=O) groups excluding carboxylic acids is 1. The number of rotatable bonds is 5. The SMILES string of the molecule is COc1ccccc1NC(=O)[C@H](C)n1nc(-c2ccccc2)c2cc(Cl)ccc21. The number of fused-ring (bicyclic) bond motifs is 1. The van der Waals surface area contributed by atoms with Crippen molar-refractivity contribution in [2.75, 3.05) is 12.4 Å². The molecule has 1 N–H and O–H groups in total. The van der Waals surface area contributed by atoms with Crippen LogP contribution in [-0.4, -0.2) is 22.8 Å². The third kappa shape index (κ3) is 3.69. The number of hydrogen-bond acceptors (Lipinski definition) is 3. The highest BCUT2D eigenvalue weighted by molar-refractivity contribution is 6.31. The lowest BCUT2D eigenvalue weighted by Crippen LogP contribution is -2.24. The lowest BCUT2D eigenvalue weighted by molar-refractivity contribution is -0.119. The van der Waals surface area contributed by atoms with Gasteiger partial charge < -0.3 is 10.1 Å². The van der Waals surface area contributed by atoms with E-state index in [9.17, 15) is 4.79 Å². The Kier molecular flexibility index (Phi) is 5.23. The maximum atomic E-state index is 13.0. The number of amides is 1. The largest absolute Gasteiger partial charge is 0.495 e. The highest BCUT2D eigenvalue weighted by Crippen LogP contribution is 2.32. The van der Waals surface area contributed by atoms with Crippen molar-refractivity contribution in [2.24, 2.45) is 0 Å². The summed E-state index contributed by atoms with van der Waals surface area (Å²) in [5.41, 5.74) is 3.22. The van der Waals surface area contributed by atoms with E-state index in [1.165, 1.54) is 0 Å². The van der Waals surface area contributed by atoms with Gasteiger partial charge in [0.05, 0.1) is 18.3 Å². The highest BCUT2D eigenvalue weighted by atomic mass is 35.5. The first-order chi connectivity index (χ1) is 14.1. The van der Waals surface area contributed by atoms with Crippen LogP contribution in [0.25, 0.3) is 22.2 Å². The molecule has 0 unspecified atom stereocenters. The number of hydrogen-bond donors (Lipinski definition) is 1. The van der Waals surface area contributed by atoms with Crippen LogP contribution in [0.5, 0.6) is 5.75 Å². The fraction of sp³-hybridized carbons (Fsp3) is 0.130. The smallest absolute Gasteiger partial charge is 0.249 e. The van der Waals surface area contributed by atoms with Crippen LogP contribution in [0.4, 0.5) is 5.69 Å². The number of para-hydroxylation sites is 2. The molecule has 1 heterocycles. The minimum atomic E-state index is -0.541. The molecule has 0 radical (unpaired) electrons. The van der Waals surface area contributed by atoms with E-state index in [-0.39, 0.29) is 5.91 Å². The van der Waals surface area contributed by atoms with Crippen LogP contribution < -0.4 is 10.1 Å². The second kappa shape index (κ2) is 7.97. The van der Waals surface area contributed by atoms with Gasteiger partial charge in [0.1, 0.15) is 17.5 Å². The molecule has 5 nitrogen and oxygen atoms in total. The summed E-state index contributed by atoms with van der Waals surface area (Å²) in [6, 6.07) is 22.2. The van der Waals surface area contributed by atoms with Gasteiger partial charge in [0.2, 0.25) is 5.91 Å².